The predicted octanol–water partition coefficient (Wildman–Crippen LogP) is 2.20. The number of fused-ring (bicyclic) bond motifs is 2. The first-order chi connectivity index (χ1) is 20.1. The number of benzene rings is 1. The molecule has 1 aromatic heterocycles. The lowest BCUT2D eigenvalue weighted by Crippen LogP contribution is -2.60. The number of aliphatic hydroxyl groups excluding tert-OH is 1. The maximum atomic E-state index is 14.8. The van der Waals surface area contributed by atoms with Crippen LogP contribution >= 0.6 is 15.9 Å². The molecule has 1 spiro atoms. The van der Waals surface area contributed by atoms with Gasteiger partial charge in [-0.15, -0.1) is 18.3 Å². The molecule has 226 valence electrons. The van der Waals surface area contributed by atoms with E-state index in [9.17, 15) is 19.5 Å². The summed E-state index contributed by atoms with van der Waals surface area (Å²) in [5, 5.41) is 19.1. The molecular weight excluding hydrogens is 604 g/mol. The van der Waals surface area contributed by atoms with Crippen LogP contribution in [-0.2, 0) is 25.8 Å². The fourth-order valence-electron chi connectivity index (χ4n) is 7.07. The number of alkyl halides is 1. The van der Waals surface area contributed by atoms with E-state index >= 15 is 0 Å². The highest BCUT2D eigenvalue weighted by atomic mass is 79.9. The highest BCUT2D eigenvalue weighted by Gasteiger charge is 2.77. The summed E-state index contributed by atoms with van der Waals surface area (Å²) in [4.78, 5) is 47.5. The van der Waals surface area contributed by atoms with E-state index in [1.807, 2.05) is 38.1 Å². The minimum absolute atomic E-state index is 0.0728. The van der Waals surface area contributed by atoms with Gasteiger partial charge in [0.1, 0.15) is 23.8 Å². The number of hydrogen-bond acceptors (Lipinski definition) is 7. The summed E-state index contributed by atoms with van der Waals surface area (Å²) in [7, 11) is 1.68. The molecule has 0 radical (unpaired) electrons. The van der Waals surface area contributed by atoms with Crippen LogP contribution in [0.5, 0.6) is 0 Å². The molecule has 3 saturated heterocycles. The lowest BCUT2D eigenvalue weighted by Gasteiger charge is -2.40. The molecule has 12 heteroatoms. The number of carbonyl (C=O) groups excluding carboxylic acids is 3. The molecular formula is C30H39BrN6O5. The standard InChI is InChI=1S/C30H39BrN6O5/c1-6-13-34(5)27(39)23-24-28(40)37(22(16-38)18(4)8-3)26(30(24)15-19(31)25(23)42-30)29(41)35(14-7-2)17-36-21-12-10-9-11-20(21)32-33-36/h6-7,9-12,18-19,22-26,38H,1-2,8,13-17H2,3-5H3/t18-,19?,22-,23+,24-,25+,26?,30?/m0/s1. The Morgan fingerprint density at radius 2 is 1.98 bits per heavy atom. The second-order valence-corrected chi connectivity index (χ2v) is 12.8. The van der Waals surface area contributed by atoms with Crippen LogP contribution in [-0.4, -0.2) is 108 Å². The Hall–Kier alpha value is -3.09. The first-order valence-electron chi connectivity index (χ1n) is 14.4. The van der Waals surface area contributed by atoms with Gasteiger partial charge in [-0.25, -0.2) is 4.68 Å². The molecule has 8 atom stereocenters. The maximum absolute atomic E-state index is 14.8. The van der Waals surface area contributed by atoms with Gasteiger partial charge in [0.25, 0.3) is 0 Å². The van der Waals surface area contributed by atoms with Crippen molar-refractivity contribution in [3.63, 3.8) is 0 Å². The van der Waals surface area contributed by atoms with Gasteiger partial charge in [0, 0.05) is 25.0 Å². The van der Waals surface area contributed by atoms with Crippen LogP contribution in [0.3, 0.4) is 0 Å². The molecule has 0 saturated carbocycles. The third-order valence-corrected chi connectivity index (χ3v) is 10.1. The summed E-state index contributed by atoms with van der Waals surface area (Å²) < 4.78 is 8.30. The average molecular weight is 644 g/mol. The highest BCUT2D eigenvalue weighted by molar-refractivity contribution is 9.09. The van der Waals surface area contributed by atoms with Crippen LogP contribution in [0.2, 0.25) is 0 Å². The summed E-state index contributed by atoms with van der Waals surface area (Å²) in [6, 6.07) is 5.79. The Balaban J connectivity index is 1.60. The molecule has 3 aliphatic heterocycles. The molecule has 5 rings (SSSR count). The number of rotatable bonds is 12. The number of ether oxygens (including phenoxy) is 1. The smallest absolute Gasteiger partial charge is 0.250 e. The van der Waals surface area contributed by atoms with Crippen molar-refractivity contribution in [1.29, 1.82) is 0 Å². The topological polar surface area (TPSA) is 121 Å². The third-order valence-electron chi connectivity index (χ3n) is 9.26. The lowest BCUT2D eigenvalue weighted by atomic mass is 9.70. The van der Waals surface area contributed by atoms with Crippen LogP contribution in [0.4, 0.5) is 0 Å². The van der Waals surface area contributed by atoms with Gasteiger partial charge in [-0.3, -0.25) is 14.4 Å². The molecule has 2 aromatic rings. The zero-order valence-corrected chi connectivity index (χ0v) is 25.9. The van der Waals surface area contributed by atoms with E-state index in [1.54, 1.807) is 33.7 Å². The summed E-state index contributed by atoms with van der Waals surface area (Å²) in [6.07, 6.45) is 3.75. The number of halogens is 1. The Morgan fingerprint density at radius 3 is 2.64 bits per heavy atom. The summed E-state index contributed by atoms with van der Waals surface area (Å²) >= 11 is 3.72. The van der Waals surface area contributed by atoms with E-state index in [2.05, 4.69) is 39.4 Å². The van der Waals surface area contributed by atoms with Crippen molar-refractivity contribution in [3.8, 4) is 0 Å². The Morgan fingerprint density at radius 1 is 1.26 bits per heavy atom. The average Bonchev–Trinajstić information content (AvgIpc) is 3.70. The van der Waals surface area contributed by atoms with Gasteiger partial charge < -0.3 is 24.5 Å². The number of likely N-dealkylation sites (N-methyl/N-ethyl adjacent to an activating group) is 1. The van der Waals surface area contributed by atoms with Crippen molar-refractivity contribution in [2.75, 3.05) is 26.7 Å². The molecule has 3 unspecified atom stereocenters. The van der Waals surface area contributed by atoms with E-state index in [0.717, 1.165) is 5.52 Å². The van der Waals surface area contributed by atoms with E-state index in [-0.39, 0.29) is 48.3 Å². The molecule has 3 aliphatic rings. The SMILES string of the molecule is C=CCN(C)C(=O)[C@H]1[C@@H]2OC3(CC2Br)C(C(=O)N(CC=C)Cn2nnc4ccccc42)N([C@@H](CO)[C@@H](C)CC)C(=O)[C@H]13. The maximum Gasteiger partial charge on any atom is 0.250 e. The summed E-state index contributed by atoms with van der Waals surface area (Å²) in [5.41, 5.74) is 0.214. The Labute approximate surface area is 254 Å². The fourth-order valence-corrected chi connectivity index (χ4v) is 8.01. The van der Waals surface area contributed by atoms with Crippen LogP contribution in [0, 0.1) is 17.8 Å². The number of amides is 3. The quantitative estimate of drug-likeness (QED) is 0.278. The zero-order chi connectivity index (χ0) is 30.3. The van der Waals surface area contributed by atoms with Crippen LogP contribution in [0.25, 0.3) is 11.0 Å². The van der Waals surface area contributed by atoms with Crippen molar-refractivity contribution < 1.29 is 24.2 Å². The second-order valence-electron chi connectivity index (χ2n) is 11.6. The monoisotopic (exact) mass is 642 g/mol. The molecule has 11 nitrogen and oxygen atoms in total. The van der Waals surface area contributed by atoms with Gasteiger partial charge in [0.05, 0.1) is 36.1 Å². The lowest BCUT2D eigenvalue weighted by molar-refractivity contribution is -0.154. The molecule has 1 N–H and O–H groups in total. The molecule has 3 fully saturated rings. The van der Waals surface area contributed by atoms with Gasteiger partial charge >= 0.3 is 0 Å². The largest absolute Gasteiger partial charge is 0.394 e. The van der Waals surface area contributed by atoms with Crippen molar-refractivity contribution in [2.45, 2.75) is 62.0 Å². The number of carbonyl (C=O) groups is 3. The third kappa shape index (κ3) is 4.67. The second kappa shape index (κ2) is 11.9. The van der Waals surface area contributed by atoms with Crippen molar-refractivity contribution >= 4 is 44.7 Å². The van der Waals surface area contributed by atoms with E-state index in [0.29, 0.717) is 24.9 Å². The number of hydrogen-bond donors (Lipinski definition) is 1. The molecule has 3 amide bonds. The molecule has 1 aromatic carbocycles. The molecule has 2 bridgehead atoms. The van der Waals surface area contributed by atoms with Gasteiger partial charge in [-0.05, 0) is 24.5 Å². The zero-order valence-electron chi connectivity index (χ0n) is 24.3. The van der Waals surface area contributed by atoms with Gasteiger partial charge in [0.2, 0.25) is 17.7 Å². The minimum atomic E-state index is -1.24. The number of nitrogens with zero attached hydrogens (tertiary/aromatic N) is 6. The molecule has 0 aliphatic carbocycles. The van der Waals surface area contributed by atoms with Gasteiger partial charge in [-0.1, -0.05) is 65.7 Å². The number of para-hydroxylation sites is 1. The molecule has 4 heterocycles. The molecule has 42 heavy (non-hydrogen) atoms. The van der Waals surface area contributed by atoms with E-state index in [4.69, 9.17) is 4.74 Å². The minimum Gasteiger partial charge on any atom is -0.394 e. The van der Waals surface area contributed by atoms with Crippen molar-refractivity contribution in [2.24, 2.45) is 17.8 Å². The van der Waals surface area contributed by atoms with Crippen LogP contribution < -0.4 is 0 Å². The Bertz CT molecular complexity index is 1380. The van der Waals surface area contributed by atoms with Crippen molar-refractivity contribution in [3.05, 3.63) is 49.6 Å². The van der Waals surface area contributed by atoms with Crippen LogP contribution in [0.1, 0.15) is 26.7 Å². The van der Waals surface area contributed by atoms with E-state index in [1.165, 1.54) is 4.90 Å². The van der Waals surface area contributed by atoms with Gasteiger partial charge in [-0.2, -0.15) is 0 Å². The number of aromatic nitrogens is 3. The van der Waals surface area contributed by atoms with Crippen LogP contribution in [0.15, 0.2) is 49.6 Å². The van der Waals surface area contributed by atoms with Crippen molar-refractivity contribution in [1.82, 2.24) is 29.7 Å². The fraction of sp³-hybridized carbons (Fsp3) is 0.567. The highest BCUT2D eigenvalue weighted by Crippen LogP contribution is 2.61. The van der Waals surface area contributed by atoms with E-state index < -0.39 is 35.6 Å². The summed E-state index contributed by atoms with van der Waals surface area (Å²) in [6.45, 7) is 11.8. The Kier molecular flexibility index (Phi) is 8.60. The summed E-state index contributed by atoms with van der Waals surface area (Å²) in [5.74, 6) is -2.64. The normalized spacial score (nSPS) is 29.4. The predicted molar refractivity (Wildman–Crippen MR) is 160 cm³/mol. The van der Waals surface area contributed by atoms with Gasteiger partial charge in [0.15, 0.2) is 0 Å². The number of likely N-dealkylation sites (tertiary alicyclic amines) is 1. The first-order valence-corrected chi connectivity index (χ1v) is 15.3. The first kappa shape index (κ1) is 30.4. The number of aliphatic hydroxyl groups is 1.